The number of oxazole rings is 1. The van der Waals surface area contributed by atoms with Crippen molar-refractivity contribution in [2.75, 3.05) is 0 Å². The zero-order valence-electron chi connectivity index (χ0n) is 8.23. The Morgan fingerprint density at radius 3 is 2.60 bits per heavy atom. The smallest absolute Gasteiger partial charge is 0.286 e. The highest BCUT2D eigenvalue weighted by Gasteiger charge is 2.17. The number of carbonyl (C=O) groups is 1. The van der Waals surface area contributed by atoms with E-state index in [1.54, 1.807) is 6.92 Å². The van der Waals surface area contributed by atoms with Crippen LogP contribution in [0.2, 0.25) is 0 Å². The first-order valence-electron chi connectivity index (χ1n) is 4.51. The number of aromatic nitrogens is 1. The topological polar surface area (TPSA) is 69.1 Å². The van der Waals surface area contributed by atoms with Gasteiger partial charge in [-0.05, 0) is 0 Å². The first kappa shape index (κ1) is 9.45. The van der Waals surface area contributed by atoms with Crippen molar-refractivity contribution < 1.29 is 9.21 Å². The van der Waals surface area contributed by atoms with Gasteiger partial charge in [0.05, 0.1) is 0 Å². The summed E-state index contributed by atoms with van der Waals surface area (Å²) in [7, 11) is 0. The highest BCUT2D eigenvalue weighted by molar-refractivity contribution is 5.95. The molecule has 4 heteroatoms. The Morgan fingerprint density at radius 2 is 2.00 bits per heavy atom. The van der Waals surface area contributed by atoms with Crippen LogP contribution >= 0.6 is 0 Å². The predicted molar refractivity (Wildman–Crippen MR) is 55.2 cm³/mol. The summed E-state index contributed by atoms with van der Waals surface area (Å²) in [6, 6.07) is 9.32. The zero-order chi connectivity index (χ0) is 10.8. The highest BCUT2D eigenvalue weighted by Crippen LogP contribution is 2.22. The summed E-state index contributed by atoms with van der Waals surface area (Å²) in [5, 5.41) is 0. The van der Waals surface area contributed by atoms with Gasteiger partial charge in [-0.2, -0.15) is 0 Å². The van der Waals surface area contributed by atoms with Gasteiger partial charge in [-0.15, -0.1) is 0 Å². The summed E-state index contributed by atoms with van der Waals surface area (Å²) < 4.78 is 5.14. The van der Waals surface area contributed by atoms with Gasteiger partial charge in [-0.25, -0.2) is 4.98 Å². The predicted octanol–water partition coefficient (Wildman–Crippen LogP) is 1.75. The van der Waals surface area contributed by atoms with Crippen molar-refractivity contribution >= 4 is 5.91 Å². The number of primary amides is 1. The molecule has 15 heavy (non-hydrogen) atoms. The summed E-state index contributed by atoms with van der Waals surface area (Å²) >= 11 is 0. The second kappa shape index (κ2) is 3.57. The van der Waals surface area contributed by atoms with Crippen LogP contribution < -0.4 is 5.73 Å². The van der Waals surface area contributed by atoms with Crippen LogP contribution in [0.5, 0.6) is 0 Å². The molecule has 0 atom stereocenters. The van der Waals surface area contributed by atoms with Crippen LogP contribution in [0.1, 0.15) is 16.4 Å². The molecule has 1 amide bonds. The minimum Gasteiger partial charge on any atom is -0.435 e. The molecule has 1 aromatic heterocycles. The Labute approximate surface area is 86.7 Å². The van der Waals surface area contributed by atoms with Crippen molar-refractivity contribution in [3.8, 4) is 11.3 Å². The van der Waals surface area contributed by atoms with E-state index in [2.05, 4.69) is 4.98 Å². The molecule has 2 N–H and O–H groups in total. The molecule has 2 rings (SSSR count). The monoisotopic (exact) mass is 202 g/mol. The molecule has 76 valence electrons. The average Bonchev–Trinajstić information content (AvgIpc) is 2.62. The van der Waals surface area contributed by atoms with Crippen LogP contribution in [0.3, 0.4) is 0 Å². The zero-order valence-corrected chi connectivity index (χ0v) is 8.23. The first-order valence-corrected chi connectivity index (χ1v) is 4.51. The van der Waals surface area contributed by atoms with E-state index in [0.29, 0.717) is 11.6 Å². The van der Waals surface area contributed by atoms with Gasteiger partial charge < -0.3 is 10.2 Å². The number of nitrogens with two attached hydrogens (primary N) is 1. The van der Waals surface area contributed by atoms with Crippen molar-refractivity contribution in [3.05, 3.63) is 42.0 Å². The third kappa shape index (κ3) is 1.74. The van der Waals surface area contributed by atoms with Crippen molar-refractivity contribution in [1.82, 2.24) is 4.98 Å². The SMILES string of the molecule is Cc1nc(-c2ccccc2)c(C(N)=O)o1. The highest BCUT2D eigenvalue weighted by atomic mass is 16.4. The lowest BCUT2D eigenvalue weighted by Gasteiger charge is -1.96. The van der Waals surface area contributed by atoms with Crippen LogP contribution in [-0.2, 0) is 0 Å². The number of benzene rings is 1. The number of carbonyl (C=O) groups excluding carboxylic acids is 1. The molecule has 0 fully saturated rings. The van der Waals surface area contributed by atoms with Gasteiger partial charge in [-0.3, -0.25) is 4.79 Å². The van der Waals surface area contributed by atoms with Crippen LogP contribution in [0.15, 0.2) is 34.7 Å². The van der Waals surface area contributed by atoms with Crippen molar-refractivity contribution in [2.24, 2.45) is 5.73 Å². The lowest BCUT2D eigenvalue weighted by atomic mass is 10.1. The Kier molecular flexibility index (Phi) is 2.25. The van der Waals surface area contributed by atoms with E-state index in [0.717, 1.165) is 5.56 Å². The van der Waals surface area contributed by atoms with E-state index in [-0.39, 0.29) is 5.76 Å². The fraction of sp³-hybridized carbons (Fsp3) is 0.0909. The molecule has 0 aliphatic carbocycles. The standard InChI is InChI=1S/C11H10N2O2/c1-7-13-9(10(15-7)11(12)14)8-5-3-2-4-6-8/h2-6H,1H3,(H2,12,14). The number of nitrogens with zero attached hydrogens (tertiary/aromatic N) is 1. The van der Waals surface area contributed by atoms with Gasteiger partial charge in [0.1, 0.15) is 5.69 Å². The quantitative estimate of drug-likeness (QED) is 0.806. The molecule has 0 aliphatic heterocycles. The summed E-state index contributed by atoms with van der Waals surface area (Å²) in [6.07, 6.45) is 0. The van der Waals surface area contributed by atoms with E-state index in [1.807, 2.05) is 30.3 Å². The van der Waals surface area contributed by atoms with E-state index >= 15 is 0 Å². The largest absolute Gasteiger partial charge is 0.435 e. The lowest BCUT2D eigenvalue weighted by molar-refractivity contribution is 0.0973. The lowest BCUT2D eigenvalue weighted by Crippen LogP contribution is -2.10. The molecule has 4 nitrogen and oxygen atoms in total. The number of hydrogen-bond donors (Lipinski definition) is 1. The molecule has 0 spiro atoms. The maximum atomic E-state index is 11.1. The van der Waals surface area contributed by atoms with E-state index in [1.165, 1.54) is 0 Å². The van der Waals surface area contributed by atoms with Gasteiger partial charge in [0.15, 0.2) is 5.89 Å². The first-order chi connectivity index (χ1) is 7.18. The maximum Gasteiger partial charge on any atom is 0.286 e. The maximum absolute atomic E-state index is 11.1. The third-order valence-electron chi connectivity index (χ3n) is 2.01. The molecule has 0 saturated carbocycles. The minimum absolute atomic E-state index is 0.110. The van der Waals surface area contributed by atoms with Crippen LogP contribution in [-0.4, -0.2) is 10.9 Å². The molecular weight excluding hydrogens is 192 g/mol. The van der Waals surface area contributed by atoms with E-state index in [4.69, 9.17) is 10.2 Å². The van der Waals surface area contributed by atoms with Gasteiger partial charge in [0.25, 0.3) is 5.91 Å². The van der Waals surface area contributed by atoms with Gasteiger partial charge >= 0.3 is 0 Å². The Bertz CT molecular complexity index is 489. The second-order valence-corrected chi connectivity index (χ2v) is 3.14. The third-order valence-corrected chi connectivity index (χ3v) is 2.01. The minimum atomic E-state index is -0.602. The summed E-state index contributed by atoms with van der Waals surface area (Å²) in [5.41, 5.74) is 6.52. The molecular formula is C11H10N2O2. The summed E-state index contributed by atoms with van der Waals surface area (Å²) in [5.74, 6) is -0.0594. The molecule has 0 radical (unpaired) electrons. The van der Waals surface area contributed by atoms with Crippen molar-refractivity contribution in [3.63, 3.8) is 0 Å². The number of hydrogen-bond acceptors (Lipinski definition) is 3. The Morgan fingerprint density at radius 1 is 1.33 bits per heavy atom. The average molecular weight is 202 g/mol. The molecule has 0 saturated heterocycles. The Hall–Kier alpha value is -2.10. The fourth-order valence-corrected chi connectivity index (χ4v) is 1.39. The molecule has 2 aromatic rings. The van der Waals surface area contributed by atoms with Crippen LogP contribution in [0.4, 0.5) is 0 Å². The molecule has 1 aromatic carbocycles. The van der Waals surface area contributed by atoms with E-state index in [9.17, 15) is 4.79 Å². The molecule has 0 bridgehead atoms. The van der Waals surface area contributed by atoms with Gasteiger partial charge in [0, 0.05) is 12.5 Å². The van der Waals surface area contributed by atoms with Gasteiger partial charge in [0.2, 0.25) is 5.76 Å². The van der Waals surface area contributed by atoms with Crippen molar-refractivity contribution in [1.29, 1.82) is 0 Å². The Balaban J connectivity index is 2.58. The summed E-state index contributed by atoms with van der Waals surface area (Å²) in [4.78, 5) is 15.2. The molecule has 0 unspecified atom stereocenters. The normalized spacial score (nSPS) is 10.2. The van der Waals surface area contributed by atoms with Crippen LogP contribution in [0.25, 0.3) is 11.3 Å². The second-order valence-electron chi connectivity index (χ2n) is 3.14. The van der Waals surface area contributed by atoms with E-state index < -0.39 is 5.91 Å². The summed E-state index contributed by atoms with van der Waals surface area (Å²) in [6.45, 7) is 1.68. The molecule has 1 heterocycles. The fourth-order valence-electron chi connectivity index (χ4n) is 1.39. The van der Waals surface area contributed by atoms with Crippen LogP contribution in [0, 0.1) is 6.92 Å². The number of amides is 1. The molecule has 0 aliphatic rings. The number of aryl methyl sites for hydroxylation is 1. The number of rotatable bonds is 2. The van der Waals surface area contributed by atoms with Gasteiger partial charge in [-0.1, -0.05) is 30.3 Å². The van der Waals surface area contributed by atoms with Crippen molar-refractivity contribution in [2.45, 2.75) is 6.92 Å².